The Morgan fingerprint density at radius 2 is 1.83 bits per heavy atom. The monoisotopic (exact) mass is 415 g/mol. The molecule has 1 saturated carbocycles. The second-order valence-electron chi connectivity index (χ2n) is 8.86. The van der Waals surface area contributed by atoms with Crippen LogP contribution in [0.5, 0.6) is 0 Å². The van der Waals surface area contributed by atoms with E-state index in [1.807, 2.05) is 30.0 Å². The smallest absolute Gasteiger partial charge is 0.239 e. The fourth-order valence-electron chi connectivity index (χ4n) is 4.68. The summed E-state index contributed by atoms with van der Waals surface area (Å²) in [6, 6.07) is 9.68. The average molecular weight is 416 g/mol. The van der Waals surface area contributed by atoms with Crippen LogP contribution in [0.25, 0.3) is 0 Å². The van der Waals surface area contributed by atoms with Gasteiger partial charge in [0.1, 0.15) is 6.73 Å². The summed E-state index contributed by atoms with van der Waals surface area (Å²) in [5.74, 6) is 0.0286. The number of piperidine rings is 1. The van der Waals surface area contributed by atoms with Crippen LogP contribution in [0.2, 0.25) is 0 Å². The predicted octanol–water partition coefficient (Wildman–Crippen LogP) is 3.00. The number of likely N-dealkylation sites (tertiary alicyclic amines) is 1. The molecule has 0 unspecified atom stereocenters. The minimum atomic E-state index is -0.523. The van der Waals surface area contributed by atoms with Crippen molar-refractivity contribution in [2.24, 2.45) is 11.1 Å². The lowest BCUT2D eigenvalue weighted by Gasteiger charge is -2.41. The number of hydrogen-bond donors (Lipinski definition) is 2. The van der Waals surface area contributed by atoms with Crippen molar-refractivity contribution in [3.05, 3.63) is 35.9 Å². The zero-order valence-electron chi connectivity index (χ0n) is 18.3. The van der Waals surface area contributed by atoms with Gasteiger partial charge in [-0.1, -0.05) is 56.5 Å². The molecule has 6 heteroatoms. The zero-order chi connectivity index (χ0) is 21.4. The summed E-state index contributed by atoms with van der Waals surface area (Å²) in [6.45, 7) is 3.32. The number of benzene rings is 1. The first-order chi connectivity index (χ1) is 14.5. The summed E-state index contributed by atoms with van der Waals surface area (Å²) in [5, 5.41) is 3.05. The molecule has 1 heterocycles. The molecule has 1 aliphatic carbocycles. The lowest BCUT2D eigenvalue weighted by molar-refractivity contribution is -0.142. The fraction of sp³-hybridized carbons (Fsp3) is 0.667. The minimum absolute atomic E-state index is 0.00755. The topological polar surface area (TPSA) is 84.7 Å². The van der Waals surface area contributed by atoms with E-state index in [2.05, 4.69) is 17.4 Å². The Bertz CT molecular complexity index is 680. The Hall–Kier alpha value is -1.92. The van der Waals surface area contributed by atoms with Crippen molar-refractivity contribution >= 4 is 11.8 Å². The Morgan fingerprint density at radius 3 is 2.47 bits per heavy atom. The van der Waals surface area contributed by atoms with E-state index in [0.29, 0.717) is 38.8 Å². The van der Waals surface area contributed by atoms with Crippen LogP contribution >= 0.6 is 0 Å². The summed E-state index contributed by atoms with van der Waals surface area (Å²) in [4.78, 5) is 27.6. The van der Waals surface area contributed by atoms with Gasteiger partial charge >= 0.3 is 0 Å². The molecule has 3 rings (SSSR count). The number of carbonyl (C=O) groups excluding carboxylic acids is 2. The summed E-state index contributed by atoms with van der Waals surface area (Å²) in [5.41, 5.74) is 6.57. The van der Waals surface area contributed by atoms with Crippen molar-refractivity contribution in [3.63, 3.8) is 0 Å². The van der Waals surface area contributed by atoms with Crippen molar-refractivity contribution < 1.29 is 14.3 Å². The van der Waals surface area contributed by atoms with E-state index >= 15 is 0 Å². The van der Waals surface area contributed by atoms with Crippen LogP contribution in [0.15, 0.2) is 30.3 Å². The van der Waals surface area contributed by atoms with Crippen LogP contribution in [0.1, 0.15) is 63.9 Å². The molecule has 0 radical (unpaired) electrons. The first kappa shape index (κ1) is 22.8. The van der Waals surface area contributed by atoms with Gasteiger partial charge in [-0.05, 0) is 44.1 Å². The van der Waals surface area contributed by atoms with Crippen molar-refractivity contribution in [1.82, 2.24) is 10.2 Å². The molecule has 1 aliphatic heterocycles. The number of nitrogens with zero attached hydrogens (tertiary/aromatic N) is 1. The van der Waals surface area contributed by atoms with E-state index in [1.165, 1.54) is 19.3 Å². The van der Waals surface area contributed by atoms with Crippen molar-refractivity contribution in [2.45, 2.75) is 76.9 Å². The molecule has 1 atom stereocenters. The maximum atomic E-state index is 13.3. The molecule has 1 saturated heterocycles. The highest BCUT2D eigenvalue weighted by atomic mass is 16.5. The van der Waals surface area contributed by atoms with E-state index in [1.54, 1.807) is 0 Å². The molecule has 2 aliphatic rings. The highest BCUT2D eigenvalue weighted by Crippen LogP contribution is 2.36. The summed E-state index contributed by atoms with van der Waals surface area (Å²) >= 11 is 0. The molecule has 30 heavy (non-hydrogen) atoms. The average Bonchev–Trinajstić information content (AvgIpc) is 2.80. The second kappa shape index (κ2) is 10.9. The molecule has 2 amide bonds. The Balaban J connectivity index is 1.63. The largest absolute Gasteiger partial charge is 0.358 e. The summed E-state index contributed by atoms with van der Waals surface area (Å²) in [6.07, 6.45) is 8.70. The lowest BCUT2D eigenvalue weighted by atomic mass is 9.73. The third-order valence-electron chi connectivity index (χ3n) is 6.76. The van der Waals surface area contributed by atoms with Gasteiger partial charge in [0.15, 0.2) is 0 Å². The number of rotatable bonds is 8. The Kier molecular flexibility index (Phi) is 8.28. The van der Waals surface area contributed by atoms with Gasteiger partial charge in [0, 0.05) is 13.1 Å². The van der Waals surface area contributed by atoms with Crippen LogP contribution in [-0.2, 0) is 20.7 Å². The molecule has 166 valence electrons. The summed E-state index contributed by atoms with van der Waals surface area (Å²) < 4.78 is 5.93. The minimum Gasteiger partial charge on any atom is -0.358 e. The molecule has 0 spiro atoms. The van der Waals surface area contributed by atoms with Gasteiger partial charge in [-0.2, -0.15) is 0 Å². The highest BCUT2D eigenvalue weighted by molar-refractivity contribution is 5.84. The van der Waals surface area contributed by atoms with Crippen LogP contribution < -0.4 is 11.1 Å². The third kappa shape index (κ3) is 5.82. The molecule has 3 N–H and O–H groups in total. The molecular weight excluding hydrogens is 378 g/mol. The highest BCUT2D eigenvalue weighted by Gasteiger charge is 2.42. The van der Waals surface area contributed by atoms with Gasteiger partial charge in [0.25, 0.3) is 0 Å². The normalized spacial score (nSPS) is 20.5. The third-order valence-corrected chi connectivity index (χ3v) is 6.76. The molecule has 1 aromatic rings. The quantitative estimate of drug-likeness (QED) is 0.639. The van der Waals surface area contributed by atoms with Gasteiger partial charge in [0.05, 0.1) is 17.6 Å². The molecule has 2 fully saturated rings. The van der Waals surface area contributed by atoms with E-state index in [9.17, 15) is 9.59 Å². The lowest BCUT2D eigenvalue weighted by Crippen LogP contribution is -2.54. The maximum absolute atomic E-state index is 13.3. The van der Waals surface area contributed by atoms with E-state index < -0.39 is 11.5 Å². The number of hydrogen-bond acceptors (Lipinski definition) is 4. The number of amides is 2. The molecular formula is C24H37N3O3. The number of nitrogens with two attached hydrogens (primary N) is 1. The second-order valence-corrected chi connectivity index (χ2v) is 8.86. The molecule has 1 aromatic carbocycles. The van der Waals surface area contributed by atoms with Crippen molar-refractivity contribution in [3.8, 4) is 0 Å². The van der Waals surface area contributed by atoms with Gasteiger partial charge in [0.2, 0.25) is 11.8 Å². The maximum Gasteiger partial charge on any atom is 0.239 e. The van der Waals surface area contributed by atoms with Crippen molar-refractivity contribution in [1.29, 1.82) is 0 Å². The standard InChI is InChI=1S/C24H37N3O3/c1-2-21(25)22(28)27-15-13-24(14-16-27,17-19-9-5-3-6-10-19)23(29)26-18-30-20-11-7-4-8-12-20/h3,5-6,9-10,20-21H,2,4,7-8,11-18,25H2,1H3,(H,26,29)/t21-/m0/s1. The van der Waals surface area contributed by atoms with Crippen LogP contribution in [0.3, 0.4) is 0 Å². The van der Waals surface area contributed by atoms with Crippen LogP contribution in [0, 0.1) is 5.41 Å². The molecule has 0 bridgehead atoms. The fourth-order valence-corrected chi connectivity index (χ4v) is 4.68. The van der Waals surface area contributed by atoms with Gasteiger partial charge in [-0.25, -0.2) is 0 Å². The zero-order valence-corrected chi connectivity index (χ0v) is 18.3. The van der Waals surface area contributed by atoms with Gasteiger partial charge in [-0.15, -0.1) is 0 Å². The summed E-state index contributed by atoms with van der Waals surface area (Å²) in [7, 11) is 0. The SMILES string of the molecule is CC[C@H](N)C(=O)N1CCC(Cc2ccccc2)(C(=O)NCOC2CCCCC2)CC1. The number of ether oxygens (including phenoxy) is 1. The van der Waals surface area contributed by atoms with E-state index in [0.717, 1.165) is 18.4 Å². The molecule has 6 nitrogen and oxygen atoms in total. The number of nitrogens with one attached hydrogen (secondary N) is 1. The van der Waals surface area contributed by atoms with Gasteiger partial charge < -0.3 is 20.7 Å². The Morgan fingerprint density at radius 1 is 1.17 bits per heavy atom. The van der Waals surface area contributed by atoms with Crippen molar-refractivity contribution in [2.75, 3.05) is 19.8 Å². The van der Waals surface area contributed by atoms with E-state index in [4.69, 9.17) is 10.5 Å². The first-order valence-electron chi connectivity index (χ1n) is 11.5. The van der Waals surface area contributed by atoms with Crippen LogP contribution in [-0.4, -0.2) is 48.7 Å². The predicted molar refractivity (Wildman–Crippen MR) is 118 cm³/mol. The van der Waals surface area contributed by atoms with E-state index in [-0.39, 0.29) is 24.6 Å². The number of carbonyl (C=O) groups is 2. The molecule has 0 aromatic heterocycles. The Labute approximate surface area is 180 Å². The first-order valence-corrected chi connectivity index (χ1v) is 11.5. The van der Waals surface area contributed by atoms with Crippen LogP contribution in [0.4, 0.5) is 0 Å². The van der Waals surface area contributed by atoms with Gasteiger partial charge in [-0.3, -0.25) is 9.59 Å².